The number of carbonyl (C=O) groups excluding carboxylic acids is 1. The number of benzene rings is 1. The molecule has 1 saturated heterocycles. The maximum absolute atomic E-state index is 12.1. The Kier molecular flexibility index (Phi) is 6.87. The molecule has 1 aromatic carbocycles. The van der Waals surface area contributed by atoms with Crippen molar-refractivity contribution in [3.63, 3.8) is 0 Å². The smallest absolute Gasteiger partial charge is 0.334 e. The van der Waals surface area contributed by atoms with Gasteiger partial charge in [-0.25, -0.2) is 4.79 Å². The van der Waals surface area contributed by atoms with Gasteiger partial charge >= 0.3 is 5.97 Å². The lowest BCUT2D eigenvalue weighted by Gasteiger charge is -2.30. The highest BCUT2D eigenvalue weighted by Crippen LogP contribution is 2.26. The van der Waals surface area contributed by atoms with Gasteiger partial charge in [0.2, 0.25) is 5.91 Å². The van der Waals surface area contributed by atoms with E-state index in [1.165, 1.54) is 4.90 Å². The zero-order valence-corrected chi connectivity index (χ0v) is 13.8. The van der Waals surface area contributed by atoms with Crippen LogP contribution in [0.15, 0.2) is 24.3 Å². The molecule has 7 heteroatoms. The lowest BCUT2D eigenvalue weighted by Crippen LogP contribution is -2.48. The van der Waals surface area contributed by atoms with E-state index in [0.29, 0.717) is 44.1 Å². The molecule has 1 aromatic rings. The molecule has 132 valence electrons. The Hall–Kier alpha value is -2.28. The summed E-state index contributed by atoms with van der Waals surface area (Å²) in [7, 11) is 0. The number of hydrogen-bond acceptors (Lipinski definition) is 5. The lowest BCUT2D eigenvalue weighted by molar-refractivity contribution is -0.159. The van der Waals surface area contributed by atoms with Crippen LogP contribution in [-0.2, 0) is 14.3 Å². The molecule has 0 unspecified atom stereocenters. The summed E-state index contributed by atoms with van der Waals surface area (Å²) >= 11 is 0. The van der Waals surface area contributed by atoms with Gasteiger partial charge in [0.05, 0.1) is 26.4 Å². The molecular weight excluding hydrogens is 314 g/mol. The Labute approximate surface area is 141 Å². The fourth-order valence-electron chi connectivity index (χ4n) is 2.43. The van der Waals surface area contributed by atoms with Crippen molar-refractivity contribution in [1.82, 2.24) is 4.90 Å². The maximum atomic E-state index is 12.1. The van der Waals surface area contributed by atoms with Crippen LogP contribution in [0.4, 0.5) is 0 Å². The first-order valence-corrected chi connectivity index (χ1v) is 8.08. The van der Waals surface area contributed by atoms with Crippen molar-refractivity contribution in [2.45, 2.75) is 25.9 Å². The summed E-state index contributed by atoms with van der Waals surface area (Å²) < 4.78 is 16.3. The van der Waals surface area contributed by atoms with Crippen LogP contribution in [-0.4, -0.2) is 60.9 Å². The Balaban J connectivity index is 1.74. The topological polar surface area (TPSA) is 85.3 Å². The molecule has 1 N–H and O–H groups in total. The summed E-state index contributed by atoms with van der Waals surface area (Å²) in [5, 5.41) is 8.95. The number of aliphatic carboxylic acids is 1. The van der Waals surface area contributed by atoms with Crippen molar-refractivity contribution in [3.05, 3.63) is 24.3 Å². The first-order chi connectivity index (χ1) is 11.6. The third-order valence-electron chi connectivity index (χ3n) is 3.64. The van der Waals surface area contributed by atoms with E-state index in [9.17, 15) is 9.59 Å². The van der Waals surface area contributed by atoms with Gasteiger partial charge in [-0.2, -0.15) is 0 Å². The van der Waals surface area contributed by atoms with Crippen molar-refractivity contribution < 1.29 is 28.9 Å². The van der Waals surface area contributed by atoms with E-state index in [4.69, 9.17) is 19.3 Å². The van der Waals surface area contributed by atoms with Gasteiger partial charge in [0.15, 0.2) is 17.6 Å². The van der Waals surface area contributed by atoms with Crippen LogP contribution in [0.25, 0.3) is 0 Å². The molecule has 0 aromatic heterocycles. The molecule has 7 nitrogen and oxygen atoms in total. The van der Waals surface area contributed by atoms with Gasteiger partial charge < -0.3 is 24.2 Å². The summed E-state index contributed by atoms with van der Waals surface area (Å²) in [6, 6.07) is 7.40. The molecule has 1 amide bonds. The molecule has 1 fully saturated rings. The average Bonchev–Trinajstić information content (AvgIpc) is 2.60. The lowest BCUT2D eigenvalue weighted by atomic mass is 10.2. The van der Waals surface area contributed by atoms with Crippen LogP contribution in [0.2, 0.25) is 0 Å². The zero-order valence-electron chi connectivity index (χ0n) is 13.8. The Bertz CT molecular complexity index is 562. The second kappa shape index (κ2) is 9.12. The minimum Gasteiger partial charge on any atom is -0.490 e. The summed E-state index contributed by atoms with van der Waals surface area (Å²) in [5.41, 5.74) is 0. The summed E-state index contributed by atoms with van der Waals surface area (Å²) in [6.07, 6.45) is -0.0747. The molecule has 0 bridgehead atoms. The summed E-state index contributed by atoms with van der Waals surface area (Å²) in [6.45, 7) is 3.63. The maximum Gasteiger partial charge on any atom is 0.334 e. The molecule has 0 aliphatic carbocycles. The number of ether oxygens (including phenoxy) is 3. The average molecular weight is 337 g/mol. The molecule has 2 rings (SSSR count). The quantitative estimate of drug-likeness (QED) is 0.725. The van der Waals surface area contributed by atoms with Crippen LogP contribution >= 0.6 is 0 Å². The van der Waals surface area contributed by atoms with Crippen LogP contribution in [0.3, 0.4) is 0 Å². The predicted octanol–water partition coefficient (Wildman–Crippen LogP) is 1.56. The van der Waals surface area contributed by atoms with Crippen molar-refractivity contribution >= 4 is 11.9 Å². The van der Waals surface area contributed by atoms with Gasteiger partial charge in [0.1, 0.15) is 0 Å². The van der Waals surface area contributed by atoms with Crippen LogP contribution in [0.5, 0.6) is 11.5 Å². The SMILES string of the molecule is CCOc1ccccc1OCCCC(=O)N1CCO[C@@H](C(=O)O)C1. The number of carboxylic acids is 1. The van der Waals surface area contributed by atoms with Gasteiger partial charge in [-0.05, 0) is 25.5 Å². The number of hydrogen-bond donors (Lipinski definition) is 1. The van der Waals surface area contributed by atoms with E-state index in [0.717, 1.165) is 0 Å². The van der Waals surface area contributed by atoms with Gasteiger partial charge in [0.25, 0.3) is 0 Å². The number of carbonyl (C=O) groups is 2. The third kappa shape index (κ3) is 5.13. The third-order valence-corrected chi connectivity index (χ3v) is 3.64. The van der Waals surface area contributed by atoms with Crippen molar-refractivity contribution in [3.8, 4) is 11.5 Å². The predicted molar refractivity (Wildman–Crippen MR) is 86.3 cm³/mol. The monoisotopic (exact) mass is 337 g/mol. The molecule has 0 spiro atoms. The molecule has 1 aliphatic heterocycles. The number of nitrogens with zero attached hydrogens (tertiary/aromatic N) is 1. The first kappa shape index (κ1) is 18.1. The highest BCUT2D eigenvalue weighted by Gasteiger charge is 2.28. The zero-order chi connectivity index (χ0) is 17.4. The fraction of sp³-hybridized carbons (Fsp3) is 0.529. The minimum atomic E-state index is -1.04. The second-order valence-corrected chi connectivity index (χ2v) is 5.37. The minimum absolute atomic E-state index is 0.0776. The second-order valence-electron chi connectivity index (χ2n) is 5.37. The van der Waals surface area contributed by atoms with Crippen LogP contribution in [0.1, 0.15) is 19.8 Å². The standard InChI is InChI=1S/C17H23NO6/c1-2-22-13-6-3-4-7-14(13)23-10-5-8-16(19)18-9-11-24-15(12-18)17(20)21/h3-4,6-7,15H,2,5,8-12H2,1H3,(H,20,21)/t15-/m1/s1. The Morgan fingerprint density at radius 1 is 1.29 bits per heavy atom. The van der Waals surface area contributed by atoms with Gasteiger partial charge in [0, 0.05) is 13.0 Å². The molecule has 24 heavy (non-hydrogen) atoms. The molecule has 1 aliphatic rings. The Morgan fingerprint density at radius 3 is 2.67 bits per heavy atom. The number of rotatable bonds is 8. The molecular formula is C17H23NO6. The van der Waals surface area contributed by atoms with Crippen LogP contribution in [0, 0.1) is 0 Å². The van der Waals surface area contributed by atoms with Gasteiger partial charge in [-0.1, -0.05) is 12.1 Å². The normalized spacial score (nSPS) is 17.4. The van der Waals surface area contributed by atoms with Crippen molar-refractivity contribution in [1.29, 1.82) is 0 Å². The number of carboxylic acid groups (broad SMARTS) is 1. The fourth-order valence-corrected chi connectivity index (χ4v) is 2.43. The number of morpholine rings is 1. The van der Waals surface area contributed by atoms with E-state index in [2.05, 4.69) is 0 Å². The van der Waals surface area contributed by atoms with E-state index in [1.807, 2.05) is 31.2 Å². The van der Waals surface area contributed by atoms with Gasteiger partial charge in [-0.15, -0.1) is 0 Å². The Morgan fingerprint density at radius 2 is 2.00 bits per heavy atom. The largest absolute Gasteiger partial charge is 0.490 e. The molecule has 0 saturated carbocycles. The first-order valence-electron chi connectivity index (χ1n) is 8.08. The highest BCUT2D eigenvalue weighted by molar-refractivity contribution is 5.78. The van der Waals surface area contributed by atoms with Crippen LogP contribution < -0.4 is 9.47 Å². The van der Waals surface area contributed by atoms with E-state index in [-0.39, 0.29) is 19.1 Å². The highest BCUT2D eigenvalue weighted by atomic mass is 16.5. The van der Waals surface area contributed by atoms with E-state index < -0.39 is 12.1 Å². The molecule has 1 atom stereocenters. The number of amides is 1. The molecule has 1 heterocycles. The van der Waals surface area contributed by atoms with E-state index >= 15 is 0 Å². The van der Waals surface area contributed by atoms with Crippen molar-refractivity contribution in [2.24, 2.45) is 0 Å². The molecule has 0 radical (unpaired) electrons. The van der Waals surface area contributed by atoms with Gasteiger partial charge in [-0.3, -0.25) is 4.79 Å². The summed E-state index contributed by atoms with van der Waals surface area (Å²) in [5.74, 6) is 0.225. The van der Waals surface area contributed by atoms with Crippen molar-refractivity contribution in [2.75, 3.05) is 32.9 Å². The van der Waals surface area contributed by atoms with E-state index in [1.54, 1.807) is 0 Å². The summed E-state index contributed by atoms with van der Waals surface area (Å²) in [4.78, 5) is 24.6. The number of para-hydroxylation sites is 2.